The van der Waals surface area contributed by atoms with Crippen LogP contribution in [0.1, 0.15) is 42.5 Å². The van der Waals surface area contributed by atoms with Gasteiger partial charge in [-0.1, -0.05) is 22.0 Å². The first-order chi connectivity index (χ1) is 16.7. The van der Waals surface area contributed by atoms with E-state index >= 15 is 0 Å². The van der Waals surface area contributed by atoms with Gasteiger partial charge in [-0.2, -0.15) is 4.98 Å². The Kier molecular flexibility index (Phi) is 7.13. The predicted octanol–water partition coefficient (Wildman–Crippen LogP) is 5.11. The van der Waals surface area contributed by atoms with E-state index in [4.69, 9.17) is 14.7 Å². The number of ether oxygens (including phenoxy) is 1. The standard InChI is InChI=1S/C26H30BrN5O2/c27-20-9-10-23-22(18-20)24(30-26(29-23)32-14-2-1-3-15-32)28-11-16-34-21-8-6-7-19(17-21)25(33)31-12-4-5-13-31/h6-10,17-18H,1-5,11-16H2,(H,28,29,30). The molecule has 0 unspecified atom stereocenters. The zero-order chi connectivity index (χ0) is 23.3. The molecular weight excluding hydrogens is 494 g/mol. The number of carbonyl (C=O) groups excluding carboxylic acids is 1. The molecule has 1 amide bonds. The van der Waals surface area contributed by atoms with Crippen molar-refractivity contribution in [3.63, 3.8) is 0 Å². The number of amides is 1. The van der Waals surface area contributed by atoms with Crippen LogP contribution in [0.4, 0.5) is 11.8 Å². The smallest absolute Gasteiger partial charge is 0.253 e. The number of halogens is 1. The fourth-order valence-electron chi connectivity index (χ4n) is 4.62. The molecule has 8 heteroatoms. The molecule has 1 aromatic heterocycles. The number of benzene rings is 2. The van der Waals surface area contributed by atoms with Crippen molar-refractivity contribution in [1.29, 1.82) is 0 Å². The minimum absolute atomic E-state index is 0.0874. The quantitative estimate of drug-likeness (QED) is 0.434. The zero-order valence-electron chi connectivity index (χ0n) is 19.3. The number of hydrogen-bond donors (Lipinski definition) is 1. The molecule has 3 heterocycles. The molecule has 7 nitrogen and oxygen atoms in total. The number of rotatable bonds is 7. The summed E-state index contributed by atoms with van der Waals surface area (Å²) in [6.07, 6.45) is 5.79. The Morgan fingerprint density at radius 3 is 2.59 bits per heavy atom. The van der Waals surface area contributed by atoms with Crippen LogP contribution >= 0.6 is 15.9 Å². The fourth-order valence-corrected chi connectivity index (χ4v) is 4.98. The maximum atomic E-state index is 12.7. The van der Waals surface area contributed by atoms with E-state index in [-0.39, 0.29) is 5.91 Å². The van der Waals surface area contributed by atoms with Crippen molar-refractivity contribution in [2.45, 2.75) is 32.1 Å². The molecule has 178 valence electrons. The zero-order valence-corrected chi connectivity index (χ0v) is 20.9. The Hall–Kier alpha value is -2.87. The average Bonchev–Trinajstić information content (AvgIpc) is 3.42. The van der Waals surface area contributed by atoms with Crippen LogP contribution in [0.5, 0.6) is 5.75 Å². The van der Waals surface area contributed by atoms with Crippen molar-refractivity contribution in [2.75, 3.05) is 49.5 Å². The van der Waals surface area contributed by atoms with Gasteiger partial charge in [0.15, 0.2) is 0 Å². The molecule has 2 aliphatic heterocycles. The van der Waals surface area contributed by atoms with Crippen molar-refractivity contribution in [3.8, 4) is 5.75 Å². The minimum atomic E-state index is 0.0874. The SMILES string of the molecule is O=C(c1cccc(OCCNc2nc(N3CCCCC3)nc3ccc(Br)cc23)c1)N1CCCC1. The number of piperidine rings is 1. The maximum absolute atomic E-state index is 12.7. The summed E-state index contributed by atoms with van der Waals surface area (Å²) in [6, 6.07) is 13.6. The van der Waals surface area contributed by atoms with Crippen molar-refractivity contribution >= 4 is 44.5 Å². The molecule has 0 atom stereocenters. The Morgan fingerprint density at radius 1 is 0.971 bits per heavy atom. The first kappa shape index (κ1) is 22.9. The van der Waals surface area contributed by atoms with Crippen LogP contribution in [0, 0.1) is 0 Å². The van der Waals surface area contributed by atoms with E-state index in [0.717, 1.165) is 66.2 Å². The summed E-state index contributed by atoms with van der Waals surface area (Å²) in [5.74, 6) is 2.39. The van der Waals surface area contributed by atoms with Crippen molar-refractivity contribution in [1.82, 2.24) is 14.9 Å². The lowest BCUT2D eigenvalue weighted by atomic mass is 10.1. The van der Waals surface area contributed by atoms with Crippen LogP contribution < -0.4 is 15.0 Å². The van der Waals surface area contributed by atoms with Crippen LogP contribution in [-0.2, 0) is 0 Å². The van der Waals surface area contributed by atoms with Gasteiger partial charge in [0.1, 0.15) is 18.2 Å². The first-order valence-electron chi connectivity index (χ1n) is 12.2. The predicted molar refractivity (Wildman–Crippen MR) is 139 cm³/mol. The van der Waals surface area contributed by atoms with Gasteiger partial charge < -0.3 is 19.9 Å². The van der Waals surface area contributed by atoms with Crippen LogP contribution in [0.15, 0.2) is 46.9 Å². The van der Waals surface area contributed by atoms with Crippen molar-refractivity contribution < 1.29 is 9.53 Å². The van der Waals surface area contributed by atoms with E-state index in [1.54, 1.807) is 0 Å². The lowest BCUT2D eigenvalue weighted by Gasteiger charge is -2.27. The summed E-state index contributed by atoms with van der Waals surface area (Å²) in [7, 11) is 0. The highest BCUT2D eigenvalue weighted by Crippen LogP contribution is 2.28. The minimum Gasteiger partial charge on any atom is -0.492 e. The van der Waals surface area contributed by atoms with Crippen molar-refractivity contribution in [3.05, 3.63) is 52.5 Å². The number of nitrogens with one attached hydrogen (secondary N) is 1. The molecule has 0 radical (unpaired) electrons. The van der Waals surface area contributed by atoms with Gasteiger partial charge in [0.05, 0.1) is 12.1 Å². The lowest BCUT2D eigenvalue weighted by Crippen LogP contribution is -2.31. The second-order valence-electron chi connectivity index (χ2n) is 8.88. The van der Waals surface area contributed by atoms with Gasteiger partial charge in [0, 0.05) is 41.6 Å². The van der Waals surface area contributed by atoms with Crippen LogP contribution in [0.25, 0.3) is 10.9 Å². The lowest BCUT2D eigenvalue weighted by molar-refractivity contribution is 0.0792. The molecule has 5 rings (SSSR count). The van der Waals surface area contributed by atoms with Crippen LogP contribution in [-0.4, -0.2) is 60.1 Å². The molecule has 2 saturated heterocycles. The highest BCUT2D eigenvalue weighted by molar-refractivity contribution is 9.10. The molecule has 2 fully saturated rings. The summed E-state index contributed by atoms with van der Waals surface area (Å²) >= 11 is 3.57. The van der Waals surface area contributed by atoms with E-state index in [1.807, 2.05) is 47.4 Å². The van der Waals surface area contributed by atoms with E-state index in [2.05, 4.69) is 26.1 Å². The largest absolute Gasteiger partial charge is 0.492 e. The molecule has 0 spiro atoms. The molecule has 3 aromatic rings. The molecule has 0 bridgehead atoms. The molecule has 34 heavy (non-hydrogen) atoms. The number of nitrogens with zero attached hydrogens (tertiary/aromatic N) is 4. The van der Waals surface area contributed by atoms with Gasteiger partial charge in [-0.15, -0.1) is 0 Å². The molecule has 2 aromatic carbocycles. The van der Waals surface area contributed by atoms with Gasteiger partial charge in [-0.3, -0.25) is 4.79 Å². The highest BCUT2D eigenvalue weighted by atomic mass is 79.9. The highest BCUT2D eigenvalue weighted by Gasteiger charge is 2.20. The summed E-state index contributed by atoms with van der Waals surface area (Å²) in [5.41, 5.74) is 1.61. The summed E-state index contributed by atoms with van der Waals surface area (Å²) in [4.78, 5) is 26.5. The average molecular weight is 524 g/mol. The third kappa shape index (κ3) is 5.27. The molecule has 0 aliphatic carbocycles. The Balaban J connectivity index is 1.25. The molecule has 1 N–H and O–H groups in total. The third-order valence-corrected chi connectivity index (χ3v) is 6.92. The van der Waals surface area contributed by atoms with Gasteiger partial charge in [-0.25, -0.2) is 4.98 Å². The normalized spacial score (nSPS) is 16.1. The molecule has 0 saturated carbocycles. The summed E-state index contributed by atoms with van der Waals surface area (Å²) in [5, 5.41) is 4.43. The van der Waals surface area contributed by atoms with Crippen LogP contribution in [0.2, 0.25) is 0 Å². The topological polar surface area (TPSA) is 70.6 Å². The molecular formula is C26H30BrN5O2. The second kappa shape index (κ2) is 10.6. The number of aromatic nitrogens is 2. The third-order valence-electron chi connectivity index (χ3n) is 6.42. The van der Waals surface area contributed by atoms with E-state index in [1.165, 1.54) is 19.3 Å². The first-order valence-corrected chi connectivity index (χ1v) is 12.9. The second-order valence-corrected chi connectivity index (χ2v) is 9.80. The van der Waals surface area contributed by atoms with Gasteiger partial charge >= 0.3 is 0 Å². The summed E-state index contributed by atoms with van der Waals surface area (Å²) < 4.78 is 6.96. The maximum Gasteiger partial charge on any atom is 0.253 e. The van der Waals surface area contributed by atoms with Gasteiger partial charge in [0.25, 0.3) is 5.91 Å². The van der Waals surface area contributed by atoms with E-state index in [9.17, 15) is 4.79 Å². The Morgan fingerprint density at radius 2 is 1.76 bits per heavy atom. The van der Waals surface area contributed by atoms with E-state index < -0.39 is 0 Å². The molecule has 2 aliphatic rings. The van der Waals surface area contributed by atoms with E-state index in [0.29, 0.717) is 24.5 Å². The van der Waals surface area contributed by atoms with Crippen LogP contribution in [0.3, 0.4) is 0 Å². The fraction of sp³-hybridized carbons (Fsp3) is 0.423. The van der Waals surface area contributed by atoms with Gasteiger partial charge in [0.2, 0.25) is 5.95 Å². The number of anilines is 2. The Labute approximate surface area is 208 Å². The van der Waals surface area contributed by atoms with Gasteiger partial charge in [-0.05, 0) is 68.5 Å². The number of likely N-dealkylation sites (tertiary alicyclic amines) is 1. The monoisotopic (exact) mass is 523 g/mol. The Bertz CT molecular complexity index is 1160. The number of hydrogen-bond acceptors (Lipinski definition) is 6. The number of fused-ring (bicyclic) bond motifs is 1. The number of carbonyl (C=O) groups is 1. The summed E-state index contributed by atoms with van der Waals surface area (Å²) in [6.45, 7) is 4.73. The van der Waals surface area contributed by atoms with Crippen molar-refractivity contribution in [2.24, 2.45) is 0 Å².